The first-order valence-electron chi connectivity index (χ1n) is 7.78. The van der Waals surface area contributed by atoms with Gasteiger partial charge in [-0.1, -0.05) is 0 Å². The molecule has 0 aromatic heterocycles. The van der Waals surface area contributed by atoms with E-state index < -0.39 is 5.54 Å². The van der Waals surface area contributed by atoms with E-state index in [0.717, 1.165) is 51.6 Å². The zero-order chi connectivity index (χ0) is 14.4. The third kappa shape index (κ3) is 3.94. The summed E-state index contributed by atoms with van der Waals surface area (Å²) in [7, 11) is 2.02. The zero-order valence-corrected chi connectivity index (χ0v) is 12.5. The van der Waals surface area contributed by atoms with Gasteiger partial charge in [0.2, 0.25) is 5.91 Å². The van der Waals surface area contributed by atoms with Crippen molar-refractivity contribution in [1.29, 1.82) is 5.26 Å². The normalized spacial score (nSPS) is 25.9. The first-order valence-corrected chi connectivity index (χ1v) is 7.78. The summed E-state index contributed by atoms with van der Waals surface area (Å²) in [6.07, 6.45) is 7.07. The van der Waals surface area contributed by atoms with Crippen LogP contribution >= 0.6 is 0 Å². The van der Waals surface area contributed by atoms with Crippen LogP contribution in [-0.4, -0.2) is 49.1 Å². The molecule has 2 rings (SSSR count). The van der Waals surface area contributed by atoms with Gasteiger partial charge in [0.1, 0.15) is 5.54 Å². The standard InChI is InChI=1S/C15H26N4O/c1-19(13-5-4-9-17-10-6-13)11-14(20)18-15(12-16)7-2-3-8-15/h13,17H,2-11H2,1H3,(H,18,20). The van der Waals surface area contributed by atoms with Crippen LogP contribution in [0.5, 0.6) is 0 Å². The highest BCUT2D eigenvalue weighted by Crippen LogP contribution is 2.28. The van der Waals surface area contributed by atoms with E-state index in [9.17, 15) is 10.1 Å². The Morgan fingerprint density at radius 3 is 2.80 bits per heavy atom. The molecule has 1 saturated heterocycles. The number of carbonyl (C=O) groups is 1. The number of likely N-dealkylation sites (N-methyl/N-ethyl adjacent to an activating group) is 1. The predicted octanol–water partition coefficient (Wildman–Crippen LogP) is 1.01. The Bertz CT molecular complexity index is 363. The molecule has 1 unspecified atom stereocenters. The van der Waals surface area contributed by atoms with Crippen molar-refractivity contribution in [3.63, 3.8) is 0 Å². The van der Waals surface area contributed by atoms with Crippen LogP contribution in [0.4, 0.5) is 0 Å². The van der Waals surface area contributed by atoms with E-state index in [2.05, 4.69) is 21.6 Å². The maximum absolute atomic E-state index is 12.2. The minimum absolute atomic E-state index is 0.00634. The average Bonchev–Trinajstić information content (AvgIpc) is 2.73. The van der Waals surface area contributed by atoms with Crippen molar-refractivity contribution < 1.29 is 4.79 Å². The highest BCUT2D eigenvalue weighted by Gasteiger charge is 2.35. The third-order valence-corrected chi connectivity index (χ3v) is 4.61. The van der Waals surface area contributed by atoms with Crippen LogP contribution in [0, 0.1) is 11.3 Å². The fourth-order valence-electron chi connectivity index (χ4n) is 3.35. The Kier molecular flexibility index (Phi) is 5.38. The number of nitrogens with zero attached hydrogens (tertiary/aromatic N) is 2. The topological polar surface area (TPSA) is 68.2 Å². The van der Waals surface area contributed by atoms with Crippen LogP contribution in [0.25, 0.3) is 0 Å². The smallest absolute Gasteiger partial charge is 0.235 e. The molecular formula is C15H26N4O. The number of hydrogen-bond acceptors (Lipinski definition) is 4. The number of nitriles is 1. The van der Waals surface area contributed by atoms with Crippen molar-refractivity contribution in [2.24, 2.45) is 0 Å². The van der Waals surface area contributed by atoms with Crippen molar-refractivity contribution >= 4 is 5.91 Å². The molecule has 0 aromatic rings. The molecule has 1 saturated carbocycles. The van der Waals surface area contributed by atoms with Crippen molar-refractivity contribution in [3.8, 4) is 6.07 Å². The molecule has 20 heavy (non-hydrogen) atoms. The zero-order valence-electron chi connectivity index (χ0n) is 12.5. The van der Waals surface area contributed by atoms with Gasteiger partial charge in [-0.2, -0.15) is 5.26 Å². The maximum atomic E-state index is 12.2. The Morgan fingerprint density at radius 1 is 1.35 bits per heavy atom. The van der Waals surface area contributed by atoms with Gasteiger partial charge < -0.3 is 10.6 Å². The predicted molar refractivity (Wildman–Crippen MR) is 78.1 cm³/mol. The van der Waals surface area contributed by atoms with Crippen molar-refractivity contribution in [3.05, 3.63) is 0 Å². The fraction of sp³-hybridized carbons (Fsp3) is 0.867. The van der Waals surface area contributed by atoms with E-state index in [-0.39, 0.29) is 5.91 Å². The number of carbonyl (C=O) groups excluding carboxylic acids is 1. The summed E-state index contributed by atoms with van der Waals surface area (Å²) >= 11 is 0. The minimum Gasteiger partial charge on any atom is -0.337 e. The molecule has 5 heteroatoms. The lowest BCUT2D eigenvalue weighted by atomic mass is 10.00. The number of nitrogens with one attached hydrogen (secondary N) is 2. The van der Waals surface area contributed by atoms with E-state index in [0.29, 0.717) is 12.6 Å². The summed E-state index contributed by atoms with van der Waals surface area (Å²) in [5.41, 5.74) is -0.594. The molecule has 0 spiro atoms. The van der Waals surface area contributed by atoms with E-state index in [1.54, 1.807) is 0 Å². The third-order valence-electron chi connectivity index (χ3n) is 4.61. The van der Waals surface area contributed by atoms with Crippen LogP contribution in [0.3, 0.4) is 0 Å². The Labute approximate surface area is 121 Å². The molecule has 2 N–H and O–H groups in total. The Balaban J connectivity index is 1.82. The first kappa shape index (κ1) is 15.3. The summed E-state index contributed by atoms with van der Waals surface area (Å²) in [5.74, 6) is -0.00634. The van der Waals surface area contributed by atoms with Crippen LogP contribution < -0.4 is 10.6 Å². The van der Waals surface area contributed by atoms with E-state index in [1.807, 2.05) is 7.05 Å². The largest absolute Gasteiger partial charge is 0.337 e. The van der Waals surface area contributed by atoms with Gasteiger partial charge in [-0.05, 0) is 65.1 Å². The molecule has 1 aliphatic heterocycles. The molecular weight excluding hydrogens is 252 g/mol. The van der Waals surface area contributed by atoms with Gasteiger partial charge in [0, 0.05) is 6.04 Å². The summed E-state index contributed by atoms with van der Waals surface area (Å²) in [6.45, 7) is 2.50. The summed E-state index contributed by atoms with van der Waals surface area (Å²) in [6, 6.07) is 2.78. The van der Waals surface area contributed by atoms with E-state index in [4.69, 9.17) is 0 Å². The first-order chi connectivity index (χ1) is 9.65. The van der Waals surface area contributed by atoms with E-state index >= 15 is 0 Å². The number of hydrogen-bond donors (Lipinski definition) is 2. The average molecular weight is 278 g/mol. The minimum atomic E-state index is -0.594. The van der Waals surface area contributed by atoms with Gasteiger partial charge in [-0.15, -0.1) is 0 Å². The molecule has 0 aromatic carbocycles. The molecule has 2 fully saturated rings. The van der Waals surface area contributed by atoms with Gasteiger partial charge in [0.25, 0.3) is 0 Å². The van der Waals surface area contributed by atoms with Crippen molar-refractivity contribution in [1.82, 2.24) is 15.5 Å². The lowest BCUT2D eigenvalue weighted by Crippen LogP contribution is -2.49. The summed E-state index contributed by atoms with van der Waals surface area (Å²) in [4.78, 5) is 14.3. The molecule has 0 bridgehead atoms. The van der Waals surface area contributed by atoms with Crippen LogP contribution in [0.2, 0.25) is 0 Å². The highest BCUT2D eigenvalue weighted by molar-refractivity contribution is 5.79. The van der Waals surface area contributed by atoms with Gasteiger partial charge >= 0.3 is 0 Å². The van der Waals surface area contributed by atoms with Gasteiger partial charge in [0.05, 0.1) is 12.6 Å². The quantitative estimate of drug-likeness (QED) is 0.805. The second-order valence-corrected chi connectivity index (χ2v) is 6.20. The molecule has 1 heterocycles. The Hall–Kier alpha value is -1.12. The monoisotopic (exact) mass is 278 g/mol. The molecule has 0 radical (unpaired) electrons. The number of rotatable bonds is 4. The molecule has 1 atom stereocenters. The summed E-state index contributed by atoms with van der Waals surface area (Å²) in [5, 5.41) is 15.7. The molecule has 2 aliphatic rings. The lowest BCUT2D eigenvalue weighted by molar-refractivity contribution is -0.123. The molecule has 1 aliphatic carbocycles. The van der Waals surface area contributed by atoms with Gasteiger partial charge in [0.15, 0.2) is 0 Å². The van der Waals surface area contributed by atoms with Crippen LogP contribution in [0.15, 0.2) is 0 Å². The Morgan fingerprint density at radius 2 is 2.10 bits per heavy atom. The fourth-order valence-corrected chi connectivity index (χ4v) is 3.35. The lowest BCUT2D eigenvalue weighted by Gasteiger charge is -2.28. The highest BCUT2D eigenvalue weighted by atomic mass is 16.2. The van der Waals surface area contributed by atoms with Gasteiger partial charge in [-0.25, -0.2) is 0 Å². The van der Waals surface area contributed by atoms with Crippen molar-refractivity contribution in [2.75, 3.05) is 26.7 Å². The maximum Gasteiger partial charge on any atom is 0.235 e. The second-order valence-electron chi connectivity index (χ2n) is 6.20. The number of amides is 1. The van der Waals surface area contributed by atoms with Crippen molar-refractivity contribution in [2.45, 2.75) is 56.5 Å². The summed E-state index contributed by atoms with van der Waals surface area (Å²) < 4.78 is 0. The van der Waals surface area contributed by atoms with Crippen LogP contribution in [-0.2, 0) is 4.79 Å². The van der Waals surface area contributed by atoms with Gasteiger partial charge in [-0.3, -0.25) is 9.69 Å². The molecule has 1 amide bonds. The SMILES string of the molecule is CN(CC(=O)NC1(C#N)CCCC1)C1CCCNCC1. The second kappa shape index (κ2) is 7.05. The molecule has 112 valence electrons. The van der Waals surface area contributed by atoms with Crippen LogP contribution in [0.1, 0.15) is 44.9 Å². The molecule has 5 nitrogen and oxygen atoms in total. The van der Waals surface area contributed by atoms with E-state index in [1.165, 1.54) is 6.42 Å².